The molecule has 2 N–H and O–H groups in total. The van der Waals surface area contributed by atoms with Gasteiger partial charge in [-0.05, 0) is 62.0 Å². The van der Waals surface area contributed by atoms with E-state index in [0.717, 1.165) is 17.7 Å². The van der Waals surface area contributed by atoms with Gasteiger partial charge >= 0.3 is 12.2 Å². The third-order valence-corrected chi connectivity index (χ3v) is 6.95. The molecule has 0 spiro atoms. The van der Waals surface area contributed by atoms with Crippen molar-refractivity contribution in [3.63, 3.8) is 0 Å². The number of nitrogens with one attached hydrogen (secondary N) is 2. The van der Waals surface area contributed by atoms with Gasteiger partial charge in [0.1, 0.15) is 0 Å². The molecule has 7 nitrogen and oxygen atoms in total. The van der Waals surface area contributed by atoms with Crippen LogP contribution in [0.15, 0.2) is 41.3 Å². The largest absolute Gasteiger partial charge is 0.417 e. The number of rotatable bonds is 6. The minimum absolute atomic E-state index is 0.0380. The van der Waals surface area contributed by atoms with Gasteiger partial charge in [0.15, 0.2) is 0 Å². The van der Waals surface area contributed by atoms with Gasteiger partial charge in [-0.2, -0.15) is 13.2 Å². The van der Waals surface area contributed by atoms with E-state index in [2.05, 4.69) is 10.0 Å². The summed E-state index contributed by atoms with van der Waals surface area (Å²) in [4.78, 5) is 16.0. The predicted octanol–water partition coefficient (Wildman–Crippen LogP) is 3.79. The Balaban J connectivity index is 1.72. The monoisotopic (exact) mass is 504 g/mol. The van der Waals surface area contributed by atoms with Crippen molar-refractivity contribution in [2.75, 3.05) is 39.0 Å². The Labute approximate surface area is 195 Å². The number of hydrogen-bond acceptors (Lipinski definition) is 4. The minimum atomic E-state index is -4.65. The summed E-state index contributed by atoms with van der Waals surface area (Å²) in [5.74, 6) is 0. The number of sulfonamides is 1. The van der Waals surface area contributed by atoms with Crippen molar-refractivity contribution < 1.29 is 26.4 Å². The van der Waals surface area contributed by atoms with Gasteiger partial charge in [-0.1, -0.05) is 17.7 Å². The highest BCUT2D eigenvalue weighted by Crippen LogP contribution is 2.36. The van der Waals surface area contributed by atoms with Crippen LogP contribution in [0.1, 0.15) is 16.7 Å². The van der Waals surface area contributed by atoms with Crippen molar-refractivity contribution in [1.82, 2.24) is 14.5 Å². The Hall–Kier alpha value is -2.34. The van der Waals surface area contributed by atoms with Crippen molar-refractivity contribution in [2.45, 2.75) is 24.0 Å². The zero-order valence-corrected chi connectivity index (χ0v) is 19.6. The summed E-state index contributed by atoms with van der Waals surface area (Å²) in [6, 6.07) is 7.33. The zero-order valence-electron chi connectivity index (χ0n) is 18.0. The molecule has 0 fully saturated rings. The second kappa shape index (κ2) is 9.88. The quantitative estimate of drug-likeness (QED) is 0.627. The molecule has 0 saturated heterocycles. The van der Waals surface area contributed by atoms with Crippen LogP contribution >= 0.6 is 11.6 Å². The summed E-state index contributed by atoms with van der Waals surface area (Å²) in [6.45, 7) is 1.26. The predicted molar refractivity (Wildman–Crippen MR) is 120 cm³/mol. The first kappa shape index (κ1) is 25.3. The van der Waals surface area contributed by atoms with E-state index < -0.39 is 32.8 Å². The smallest absolute Gasteiger partial charge is 0.320 e. The molecule has 0 bridgehead atoms. The Kier molecular flexibility index (Phi) is 7.57. The fourth-order valence-electron chi connectivity index (χ4n) is 3.38. The number of carbonyl (C=O) groups excluding carboxylic acids is 1. The van der Waals surface area contributed by atoms with Gasteiger partial charge in [0.05, 0.1) is 15.5 Å². The lowest BCUT2D eigenvalue weighted by molar-refractivity contribution is -0.137. The molecule has 1 aliphatic rings. The number of amides is 2. The SMILES string of the molecule is CN(C)CCNS(=O)(=O)c1ccc2c(c1)CN(C(=O)Nc1ccc(Cl)c(C(F)(F)F)c1)CC2. The van der Waals surface area contributed by atoms with Gasteiger partial charge in [0.2, 0.25) is 10.0 Å². The van der Waals surface area contributed by atoms with Crippen molar-refractivity contribution in [3.8, 4) is 0 Å². The topological polar surface area (TPSA) is 81.8 Å². The van der Waals surface area contributed by atoms with Crippen LogP contribution < -0.4 is 10.0 Å². The van der Waals surface area contributed by atoms with E-state index in [0.29, 0.717) is 25.1 Å². The normalized spacial score (nSPS) is 14.3. The Morgan fingerprint density at radius 2 is 1.88 bits per heavy atom. The molecule has 2 aromatic rings. The van der Waals surface area contributed by atoms with E-state index in [1.807, 2.05) is 19.0 Å². The van der Waals surface area contributed by atoms with Gasteiger partial charge in [0.25, 0.3) is 0 Å². The van der Waals surface area contributed by atoms with Crippen LogP contribution in [0.5, 0.6) is 0 Å². The van der Waals surface area contributed by atoms with Gasteiger partial charge in [-0.3, -0.25) is 0 Å². The van der Waals surface area contributed by atoms with E-state index in [4.69, 9.17) is 11.6 Å². The first-order chi connectivity index (χ1) is 15.4. The van der Waals surface area contributed by atoms with Crippen LogP contribution in [-0.4, -0.2) is 58.0 Å². The lowest BCUT2D eigenvalue weighted by atomic mass is 10.0. The van der Waals surface area contributed by atoms with Crippen molar-refractivity contribution in [2.24, 2.45) is 0 Å². The lowest BCUT2D eigenvalue weighted by Gasteiger charge is -2.29. The number of benzene rings is 2. The third-order valence-electron chi connectivity index (χ3n) is 5.16. The van der Waals surface area contributed by atoms with Crippen LogP contribution in [0.25, 0.3) is 0 Å². The highest BCUT2D eigenvalue weighted by molar-refractivity contribution is 7.89. The number of hydrogen-bond donors (Lipinski definition) is 2. The fourth-order valence-corrected chi connectivity index (χ4v) is 4.68. The second-order valence-electron chi connectivity index (χ2n) is 7.93. The van der Waals surface area contributed by atoms with Crippen molar-refractivity contribution in [3.05, 3.63) is 58.1 Å². The molecule has 12 heteroatoms. The maximum Gasteiger partial charge on any atom is 0.417 e. The van der Waals surface area contributed by atoms with Crippen molar-refractivity contribution >= 4 is 33.3 Å². The number of likely N-dealkylation sites (N-methyl/N-ethyl adjacent to an activating group) is 1. The molecule has 0 saturated carbocycles. The zero-order chi connectivity index (χ0) is 24.4. The number of fused-ring (bicyclic) bond motifs is 1. The molecule has 0 atom stereocenters. The molecule has 2 aromatic carbocycles. The van der Waals surface area contributed by atoms with Crippen molar-refractivity contribution in [1.29, 1.82) is 0 Å². The van der Waals surface area contributed by atoms with E-state index in [1.54, 1.807) is 6.07 Å². The summed E-state index contributed by atoms with van der Waals surface area (Å²) < 4.78 is 66.9. The second-order valence-corrected chi connectivity index (χ2v) is 10.1. The number of carbonyl (C=O) groups is 1. The van der Waals surface area contributed by atoms with Crippen LogP contribution in [0.3, 0.4) is 0 Å². The number of anilines is 1. The summed E-state index contributed by atoms with van der Waals surface area (Å²) >= 11 is 5.62. The van der Waals surface area contributed by atoms with Gasteiger partial charge in [-0.25, -0.2) is 17.9 Å². The van der Waals surface area contributed by atoms with E-state index in [-0.39, 0.29) is 23.7 Å². The molecule has 0 radical (unpaired) electrons. The maximum absolute atomic E-state index is 13.1. The molecule has 180 valence electrons. The standard InChI is InChI=1S/C21H24ClF3N4O3S/c1-28(2)10-8-26-33(31,32)17-5-3-14-7-9-29(13-15(14)11-17)20(30)27-16-4-6-19(22)18(12-16)21(23,24)25/h3-6,11-12,26H,7-10,13H2,1-2H3,(H,27,30). The summed E-state index contributed by atoms with van der Waals surface area (Å²) in [6.07, 6.45) is -4.16. The first-order valence-corrected chi connectivity index (χ1v) is 11.9. The first-order valence-electron chi connectivity index (χ1n) is 10.1. The minimum Gasteiger partial charge on any atom is -0.320 e. The number of nitrogens with zero attached hydrogens (tertiary/aromatic N) is 2. The Morgan fingerprint density at radius 3 is 2.55 bits per heavy atom. The summed E-state index contributed by atoms with van der Waals surface area (Å²) in [7, 11) is -0.0451. The molecule has 1 aliphatic heterocycles. The number of halogens is 4. The fraction of sp³-hybridized carbons (Fsp3) is 0.381. The van der Waals surface area contributed by atoms with Gasteiger partial charge < -0.3 is 15.1 Å². The number of alkyl halides is 3. The average molecular weight is 505 g/mol. The number of urea groups is 1. The molecule has 33 heavy (non-hydrogen) atoms. The molecule has 0 aliphatic carbocycles. The summed E-state index contributed by atoms with van der Waals surface area (Å²) in [5.41, 5.74) is 0.502. The van der Waals surface area contributed by atoms with Gasteiger partial charge in [0, 0.05) is 31.9 Å². The van der Waals surface area contributed by atoms with E-state index in [1.165, 1.54) is 23.1 Å². The highest BCUT2D eigenvalue weighted by Gasteiger charge is 2.33. The Morgan fingerprint density at radius 1 is 1.15 bits per heavy atom. The molecule has 0 unspecified atom stereocenters. The molecule has 2 amide bonds. The third kappa shape index (κ3) is 6.38. The molecular formula is C21H24ClF3N4O3S. The molecule has 3 rings (SSSR count). The van der Waals surface area contributed by atoms with E-state index in [9.17, 15) is 26.4 Å². The van der Waals surface area contributed by atoms with Crippen LogP contribution in [0.2, 0.25) is 5.02 Å². The van der Waals surface area contributed by atoms with Crippen LogP contribution in [-0.2, 0) is 29.2 Å². The Bertz CT molecular complexity index is 1140. The van der Waals surface area contributed by atoms with Crippen LogP contribution in [0, 0.1) is 0 Å². The summed E-state index contributed by atoms with van der Waals surface area (Å²) in [5, 5.41) is 2.00. The average Bonchev–Trinajstić information content (AvgIpc) is 2.73. The molecular weight excluding hydrogens is 481 g/mol. The highest BCUT2D eigenvalue weighted by atomic mass is 35.5. The van der Waals surface area contributed by atoms with E-state index >= 15 is 0 Å². The molecule has 0 aromatic heterocycles. The van der Waals surface area contributed by atoms with Gasteiger partial charge in [-0.15, -0.1) is 0 Å². The van der Waals surface area contributed by atoms with Crippen LogP contribution in [0.4, 0.5) is 23.7 Å². The lowest BCUT2D eigenvalue weighted by Crippen LogP contribution is -2.39. The maximum atomic E-state index is 13.1. The molecule has 1 heterocycles.